The Kier molecular flexibility index (Phi) is 6.13. The number of sulfonamides is 1. The van der Waals surface area contributed by atoms with Gasteiger partial charge in [0.2, 0.25) is 0 Å². The first-order valence-electron chi connectivity index (χ1n) is 8.91. The summed E-state index contributed by atoms with van der Waals surface area (Å²) in [5.41, 5.74) is 0.529. The van der Waals surface area contributed by atoms with Gasteiger partial charge in [0.15, 0.2) is 4.21 Å². The van der Waals surface area contributed by atoms with Crippen molar-refractivity contribution >= 4 is 44.9 Å². The molecule has 1 aliphatic carbocycles. The number of methoxy groups -OCH3 is 2. The maximum atomic E-state index is 13.0. The van der Waals surface area contributed by atoms with Gasteiger partial charge >= 0.3 is 11.9 Å². The quantitative estimate of drug-likeness (QED) is 0.617. The molecular weight excluding hydrogens is 432 g/mol. The molecule has 1 fully saturated rings. The number of nitrogens with one attached hydrogen (secondary N) is 2. The van der Waals surface area contributed by atoms with Crippen LogP contribution >= 0.6 is 11.3 Å². The van der Waals surface area contributed by atoms with Gasteiger partial charge in [0.1, 0.15) is 4.88 Å². The van der Waals surface area contributed by atoms with Crippen LogP contribution in [-0.2, 0) is 19.5 Å². The van der Waals surface area contributed by atoms with Crippen LogP contribution in [0.3, 0.4) is 0 Å². The molecule has 11 heteroatoms. The number of carbonyl (C=O) groups excluding carboxylic acids is 3. The molecule has 0 radical (unpaired) electrons. The number of rotatable bonds is 7. The first-order chi connectivity index (χ1) is 14.2. The highest BCUT2D eigenvalue weighted by molar-refractivity contribution is 7.94. The Morgan fingerprint density at radius 3 is 2.17 bits per heavy atom. The lowest BCUT2D eigenvalue weighted by molar-refractivity contribution is 0.0596. The molecule has 1 heterocycles. The van der Waals surface area contributed by atoms with Crippen LogP contribution in [0.2, 0.25) is 0 Å². The predicted octanol–water partition coefficient (Wildman–Crippen LogP) is 2.32. The average molecular weight is 453 g/mol. The standard InChI is InChI=1S/C19H20N2O7S2/c1-10-14(17(23)27-2)19(29-15(10)18(24)28-3)30(25,26)21-13-6-4-11(5-7-13)16(22)20-12-8-9-12/h4-7,12,21H,8-9H2,1-3H3,(H,20,22). The van der Waals surface area contributed by atoms with E-state index in [9.17, 15) is 22.8 Å². The summed E-state index contributed by atoms with van der Waals surface area (Å²) in [5.74, 6) is -1.86. The van der Waals surface area contributed by atoms with E-state index >= 15 is 0 Å². The van der Waals surface area contributed by atoms with E-state index in [1.165, 1.54) is 31.2 Å². The van der Waals surface area contributed by atoms with Gasteiger partial charge in [-0.15, -0.1) is 11.3 Å². The van der Waals surface area contributed by atoms with Crippen LogP contribution in [0.4, 0.5) is 5.69 Å². The lowest BCUT2D eigenvalue weighted by Crippen LogP contribution is -2.25. The fraction of sp³-hybridized carbons (Fsp3) is 0.316. The number of anilines is 1. The molecule has 1 saturated carbocycles. The highest BCUT2D eigenvalue weighted by atomic mass is 32.2. The monoisotopic (exact) mass is 452 g/mol. The van der Waals surface area contributed by atoms with Crippen molar-refractivity contribution in [1.29, 1.82) is 0 Å². The van der Waals surface area contributed by atoms with Crippen molar-refractivity contribution < 1.29 is 32.3 Å². The number of hydrogen-bond acceptors (Lipinski definition) is 8. The number of benzene rings is 1. The highest BCUT2D eigenvalue weighted by Gasteiger charge is 2.32. The Hall–Kier alpha value is -2.92. The normalized spacial score (nSPS) is 13.4. The second kappa shape index (κ2) is 8.44. The second-order valence-electron chi connectivity index (χ2n) is 6.63. The lowest BCUT2D eigenvalue weighted by atomic mass is 10.2. The molecule has 1 aromatic heterocycles. The van der Waals surface area contributed by atoms with E-state index in [1.807, 2.05) is 0 Å². The summed E-state index contributed by atoms with van der Waals surface area (Å²) in [7, 11) is -1.95. The number of esters is 2. The third kappa shape index (κ3) is 4.46. The largest absolute Gasteiger partial charge is 0.465 e. The Bertz CT molecular complexity index is 1100. The maximum absolute atomic E-state index is 13.0. The van der Waals surface area contributed by atoms with Gasteiger partial charge in [0, 0.05) is 17.3 Å². The van der Waals surface area contributed by atoms with E-state index in [0.717, 1.165) is 27.1 Å². The van der Waals surface area contributed by atoms with Crippen LogP contribution in [0, 0.1) is 6.92 Å². The number of amides is 1. The number of thiophene rings is 1. The zero-order valence-corrected chi connectivity index (χ0v) is 18.1. The molecule has 3 rings (SSSR count). The van der Waals surface area contributed by atoms with Gasteiger partial charge in [-0.2, -0.15) is 0 Å². The van der Waals surface area contributed by atoms with Crippen LogP contribution in [0.5, 0.6) is 0 Å². The van der Waals surface area contributed by atoms with Crippen LogP contribution in [0.25, 0.3) is 0 Å². The molecule has 1 aliphatic rings. The van der Waals surface area contributed by atoms with E-state index in [4.69, 9.17) is 0 Å². The Balaban J connectivity index is 1.90. The maximum Gasteiger partial charge on any atom is 0.348 e. The van der Waals surface area contributed by atoms with Crippen LogP contribution < -0.4 is 10.0 Å². The minimum Gasteiger partial charge on any atom is -0.465 e. The van der Waals surface area contributed by atoms with E-state index in [2.05, 4.69) is 19.5 Å². The van der Waals surface area contributed by atoms with Gasteiger partial charge in [0.25, 0.3) is 15.9 Å². The smallest absolute Gasteiger partial charge is 0.348 e. The minimum atomic E-state index is -4.23. The molecule has 0 saturated heterocycles. The Morgan fingerprint density at radius 2 is 1.63 bits per heavy atom. The number of ether oxygens (including phenoxy) is 2. The molecule has 9 nitrogen and oxygen atoms in total. The third-order valence-electron chi connectivity index (χ3n) is 4.43. The number of carbonyl (C=O) groups is 3. The van der Waals surface area contributed by atoms with Gasteiger partial charge < -0.3 is 14.8 Å². The fourth-order valence-electron chi connectivity index (χ4n) is 2.69. The molecule has 0 aliphatic heterocycles. The zero-order valence-electron chi connectivity index (χ0n) is 16.5. The molecule has 0 atom stereocenters. The molecule has 1 aromatic carbocycles. The highest BCUT2D eigenvalue weighted by Crippen LogP contribution is 2.34. The molecule has 0 spiro atoms. The van der Waals surface area contributed by atoms with Crippen molar-refractivity contribution in [3.63, 3.8) is 0 Å². The van der Waals surface area contributed by atoms with E-state index in [0.29, 0.717) is 16.9 Å². The molecule has 0 bridgehead atoms. The second-order valence-corrected chi connectivity index (χ2v) is 9.53. The average Bonchev–Trinajstić information content (AvgIpc) is 3.46. The van der Waals surface area contributed by atoms with Gasteiger partial charge in [-0.1, -0.05) is 0 Å². The van der Waals surface area contributed by atoms with E-state index < -0.39 is 22.0 Å². The summed E-state index contributed by atoms with van der Waals surface area (Å²) in [6, 6.07) is 6.09. The fourth-order valence-corrected chi connectivity index (χ4v) is 5.49. The van der Waals surface area contributed by atoms with Crippen molar-refractivity contribution in [1.82, 2.24) is 5.32 Å². The molecule has 2 N–H and O–H groups in total. The summed E-state index contributed by atoms with van der Waals surface area (Å²) < 4.78 is 37.3. The van der Waals surface area contributed by atoms with Crippen LogP contribution in [0.1, 0.15) is 48.8 Å². The minimum absolute atomic E-state index is 0.00892. The third-order valence-corrected chi connectivity index (χ3v) is 7.60. The topological polar surface area (TPSA) is 128 Å². The SMILES string of the molecule is COC(=O)c1sc(S(=O)(=O)Nc2ccc(C(=O)NC3CC3)cc2)c(C(=O)OC)c1C. The molecule has 30 heavy (non-hydrogen) atoms. The van der Waals surface area contributed by atoms with Crippen LogP contribution in [0.15, 0.2) is 28.5 Å². The molecule has 1 amide bonds. The Labute approximate surface area is 177 Å². The molecule has 160 valence electrons. The van der Waals surface area contributed by atoms with Gasteiger partial charge in [-0.3, -0.25) is 9.52 Å². The summed E-state index contributed by atoms with van der Waals surface area (Å²) in [6.07, 6.45) is 1.92. The Morgan fingerprint density at radius 1 is 1.03 bits per heavy atom. The van der Waals surface area contributed by atoms with Gasteiger partial charge in [0.05, 0.1) is 19.8 Å². The van der Waals surface area contributed by atoms with Gasteiger partial charge in [-0.25, -0.2) is 18.0 Å². The lowest BCUT2D eigenvalue weighted by Gasteiger charge is -2.09. The summed E-state index contributed by atoms with van der Waals surface area (Å²) in [4.78, 5) is 36.2. The van der Waals surface area contributed by atoms with E-state index in [1.54, 1.807) is 0 Å². The van der Waals surface area contributed by atoms with Crippen molar-refractivity contribution in [2.45, 2.75) is 30.0 Å². The van der Waals surface area contributed by atoms with Crippen molar-refractivity contribution in [2.24, 2.45) is 0 Å². The van der Waals surface area contributed by atoms with Crippen molar-refractivity contribution in [2.75, 3.05) is 18.9 Å². The summed E-state index contributed by atoms with van der Waals surface area (Å²) in [5, 5.41) is 2.84. The van der Waals surface area contributed by atoms with E-state index in [-0.39, 0.29) is 37.8 Å². The summed E-state index contributed by atoms with van der Waals surface area (Å²) >= 11 is 0.621. The molecule has 2 aromatic rings. The first-order valence-corrected chi connectivity index (χ1v) is 11.2. The molecular formula is C19H20N2O7S2. The van der Waals surface area contributed by atoms with Crippen molar-refractivity contribution in [3.8, 4) is 0 Å². The molecule has 0 unspecified atom stereocenters. The predicted molar refractivity (Wildman–Crippen MR) is 109 cm³/mol. The summed E-state index contributed by atoms with van der Waals surface area (Å²) in [6.45, 7) is 1.45. The zero-order chi connectivity index (χ0) is 22.1. The van der Waals surface area contributed by atoms with Crippen LogP contribution in [-0.4, -0.2) is 46.5 Å². The van der Waals surface area contributed by atoms with Gasteiger partial charge in [-0.05, 0) is 49.6 Å². The first kappa shape index (κ1) is 21.8. The van der Waals surface area contributed by atoms with Crippen molar-refractivity contribution in [3.05, 3.63) is 45.8 Å². The number of hydrogen-bond donors (Lipinski definition) is 2.